The van der Waals surface area contributed by atoms with Crippen molar-refractivity contribution in [3.63, 3.8) is 0 Å². The highest BCUT2D eigenvalue weighted by molar-refractivity contribution is 7.90. The maximum absolute atomic E-state index is 13.9. The first-order valence-electron chi connectivity index (χ1n) is 6.58. The van der Waals surface area contributed by atoms with Gasteiger partial charge in [-0.25, -0.2) is 17.6 Å². The van der Waals surface area contributed by atoms with Crippen molar-refractivity contribution in [2.45, 2.75) is 19.9 Å². The molecule has 6 nitrogen and oxygen atoms in total. The number of hydrogen-bond acceptors (Lipinski definition) is 4. The first kappa shape index (κ1) is 18.1. The number of aromatic carboxylic acids is 1. The number of carboxylic acid groups (broad SMARTS) is 1. The largest absolute Gasteiger partial charge is 0.478 e. The number of amides is 1. The second-order valence-corrected chi connectivity index (χ2v) is 7.22. The van der Waals surface area contributed by atoms with E-state index in [0.717, 1.165) is 24.5 Å². The molecule has 22 heavy (non-hydrogen) atoms. The number of hydrogen-bond donors (Lipinski definition) is 1. The molecular weight excluding hydrogens is 313 g/mol. The molecule has 0 saturated heterocycles. The fourth-order valence-corrected chi connectivity index (χ4v) is 3.22. The van der Waals surface area contributed by atoms with Gasteiger partial charge in [0.25, 0.3) is 5.91 Å². The van der Waals surface area contributed by atoms with Crippen LogP contribution in [0.15, 0.2) is 18.2 Å². The zero-order chi connectivity index (χ0) is 17.1. The SMILES string of the molecule is CCN(C(=O)c1ccc(C(=O)O)cc1F)C(C)CS(C)(=O)=O. The number of benzene rings is 1. The average Bonchev–Trinajstić information content (AvgIpc) is 2.36. The maximum atomic E-state index is 13.9. The summed E-state index contributed by atoms with van der Waals surface area (Å²) in [4.78, 5) is 24.3. The fourth-order valence-electron chi connectivity index (χ4n) is 2.16. The van der Waals surface area contributed by atoms with E-state index >= 15 is 0 Å². The normalized spacial score (nSPS) is 12.7. The molecule has 0 aromatic heterocycles. The van der Waals surface area contributed by atoms with E-state index in [2.05, 4.69) is 0 Å². The van der Waals surface area contributed by atoms with Gasteiger partial charge in [0.05, 0.1) is 16.9 Å². The van der Waals surface area contributed by atoms with E-state index in [1.165, 1.54) is 4.90 Å². The second kappa shape index (κ2) is 6.87. The Labute approximate surface area is 128 Å². The third-order valence-corrected chi connectivity index (χ3v) is 4.21. The number of rotatable bonds is 6. The van der Waals surface area contributed by atoms with Crippen molar-refractivity contribution < 1.29 is 27.5 Å². The smallest absolute Gasteiger partial charge is 0.335 e. The summed E-state index contributed by atoms with van der Waals surface area (Å²) in [7, 11) is -3.29. The predicted molar refractivity (Wildman–Crippen MR) is 79.2 cm³/mol. The lowest BCUT2D eigenvalue weighted by Gasteiger charge is -2.27. The Bertz CT molecular complexity index is 686. The van der Waals surface area contributed by atoms with Crippen LogP contribution in [0.1, 0.15) is 34.6 Å². The van der Waals surface area contributed by atoms with Crippen LogP contribution in [0.3, 0.4) is 0 Å². The number of carboxylic acids is 1. The topological polar surface area (TPSA) is 91.8 Å². The van der Waals surface area contributed by atoms with Crippen LogP contribution in [0.25, 0.3) is 0 Å². The van der Waals surface area contributed by atoms with E-state index in [4.69, 9.17) is 5.11 Å². The predicted octanol–water partition coefficient (Wildman–Crippen LogP) is 1.42. The van der Waals surface area contributed by atoms with Crippen LogP contribution in [-0.2, 0) is 9.84 Å². The van der Waals surface area contributed by atoms with Crippen LogP contribution in [0.4, 0.5) is 4.39 Å². The van der Waals surface area contributed by atoms with Gasteiger partial charge in [-0.05, 0) is 32.0 Å². The fraction of sp³-hybridized carbons (Fsp3) is 0.429. The van der Waals surface area contributed by atoms with Gasteiger partial charge in [0.1, 0.15) is 15.7 Å². The van der Waals surface area contributed by atoms with Gasteiger partial charge in [-0.15, -0.1) is 0 Å². The molecule has 0 heterocycles. The van der Waals surface area contributed by atoms with Crippen LogP contribution < -0.4 is 0 Å². The molecule has 0 aliphatic rings. The van der Waals surface area contributed by atoms with Gasteiger partial charge in [0.15, 0.2) is 0 Å². The Morgan fingerprint density at radius 2 is 1.95 bits per heavy atom. The van der Waals surface area contributed by atoms with Gasteiger partial charge >= 0.3 is 5.97 Å². The molecule has 0 aliphatic carbocycles. The Morgan fingerprint density at radius 1 is 1.36 bits per heavy atom. The summed E-state index contributed by atoms with van der Waals surface area (Å²) in [6.07, 6.45) is 1.06. The molecule has 0 saturated carbocycles. The van der Waals surface area contributed by atoms with Gasteiger partial charge in [-0.3, -0.25) is 4.79 Å². The lowest BCUT2D eigenvalue weighted by atomic mass is 10.1. The summed E-state index contributed by atoms with van der Waals surface area (Å²) in [5.74, 6) is -3.15. The van der Waals surface area contributed by atoms with Crippen molar-refractivity contribution >= 4 is 21.7 Å². The number of sulfone groups is 1. The standard InChI is InChI=1S/C14H18FNO5S/c1-4-16(9(2)8-22(3,20)21)13(17)11-6-5-10(14(18)19)7-12(11)15/h5-7,9H,4,8H2,1-3H3,(H,18,19). The lowest BCUT2D eigenvalue weighted by molar-refractivity contribution is 0.0687. The minimum Gasteiger partial charge on any atom is -0.478 e. The van der Waals surface area contributed by atoms with Gasteiger partial charge in [0, 0.05) is 18.8 Å². The van der Waals surface area contributed by atoms with Crippen molar-refractivity contribution in [3.8, 4) is 0 Å². The Balaban J connectivity index is 3.09. The van der Waals surface area contributed by atoms with E-state index in [-0.39, 0.29) is 23.4 Å². The average molecular weight is 331 g/mol. The summed E-state index contributed by atoms with van der Waals surface area (Å²) >= 11 is 0. The van der Waals surface area contributed by atoms with Crippen LogP contribution in [0.5, 0.6) is 0 Å². The Kier molecular flexibility index (Phi) is 5.65. The number of nitrogens with zero attached hydrogens (tertiary/aromatic N) is 1. The van der Waals surface area contributed by atoms with E-state index in [0.29, 0.717) is 0 Å². The third-order valence-electron chi connectivity index (χ3n) is 3.12. The summed E-state index contributed by atoms with van der Waals surface area (Å²) in [5.41, 5.74) is -0.548. The molecule has 1 unspecified atom stereocenters. The quantitative estimate of drug-likeness (QED) is 0.851. The molecule has 1 amide bonds. The zero-order valence-corrected chi connectivity index (χ0v) is 13.4. The van der Waals surface area contributed by atoms with E-state index < -0.39 is 33.6 Å². The molecular formula is C14H18FNO5S. The summed E-state index contributed by atoms with van der Waals surface area (Å²) < 4.78 is 36.6. The first-order valence-corrected chi connectivity index (χ1v) is 8.64. The molecule has 0 radical (unpaired) electrons. The number of carbonyl (C=O) groups is 2. The summed E-state index contributed by atoms with van der Waals surface area (Å²) in [5, 5.41) is 8.78. The minimum absolute atomic E-state index is 0.204. The monoisotopic (exact) mass is 331 g/mol. The van der Waals surface area contributed by atoms with Crippen molar-refractivity contribution in [1.29, 1.82) is 0 Å². The molecule has 1 N–H and O–H groups in total. The van der Waals surface area contributed by atoms with Crippen molar-refractivity contribution in [2.75, 3.05) is 18.6 Å². The lowest BCUT2D eigenvalue weighted by Crippen LogP contribution is -2.42. The third kappa shape index (κ3) is 4.52. The number of carbonyl (C=O) groups excluding carboxylic acids is 1. The molecule has 1 aromatic carbocycles. The van der Waals surface area contributed by atoms with Gasteiger partial charge < -0.3 is 10.0 Å². The number of halogens is 1. The second-order valence-electron chi connectivity index (χ2n) is 5.03. The van der Waals surface area contributed by atoms with Crippen molar-refractivity contribution in [2.24, 2.45) is 0 Å². The zero-order valence-electron chi connectivity index (χ0n) is 12.5. The molecule has 0 bridgehead atoms. The molecule has 1 aromatic rings. The van der Waals surface area contributed by atoms with Crippen LogP contribution in [0, 0.1) is 5.82 Å². The van der Waals surface area contributed by atoms with E-state index in [1.807, 2.05) is 0 Å². The summed E-state index contributed by atoms with van der Waals surface area (Å²) in [6, 6.07) is 2.38. The van der Waals surface area contributed by atoms with Gasteiger partial charge in [-0.2, -0.15) is 0 Å². The molecule has 8 heteroatoms. The van der Waals surface area contributed by atoms with Crippen LogP contribution >= 0.6 is 0 Å². The van der Waals surface area contributed by atoms with Crippen LogP contribution in [-0.4, -0.2) is 54.9 Å². The Morgan fingerprint density at radius 3 is 2.36 bits per heavy atom. The van der Waals surface area contributed by atoms with Crippen molar-refractivity contribution in [3.05, 3.63) is 35.1 Å². The highest BCUT2D eigenvalue weighted by Gasteiger charge is 2.25. The van der Waals surface area contributed by atoms with Gasteiger partial charge in [-0.1, -0.05) is 0 Å². The highest BCUT2D eigenvalue weighted by atomic mass is 32.2. The first-order chi connectivity index (χ1) is 10.1. The van der Waals surface area contributed by atoms with Gasteiger partial charge in [0.2, 0.25) is 0 Å². The van der Waals surface area contributed by atoms with E-state index in [9.17, 15) is 22.4 Å². The molecule has 1 atom stereocenters. The highest BCUT2D eigenvalue weighted by Crippen LogP contribution is 2.15. The van der Waals surface area contributed by atoms with E-state index in [1.54, 1.807) is 13.8 Å². The maximum Gasteiger partial charge on any atom is 0.335 e. The Hall–Kier alpha value is -1.96. The summed E-state index contributed by atoms with van der Waals surface area (Å²) in [6.45, 7) is 3.42. The molecule has 1 rings (SSSR count). The molecule has 122 valence electrons. The molecule has 0 spiro atoms. The minimum atomic E-state index is -3.29. The molecule has 0 aliphatic heterocycles. The molecule has 0 fully saturated rings. The van der Waals surface area contributed by atoms with Crippen LogP contribution in [0.2, 0.25) is 0 Å². The van der Waals surface area contributed by atoms with Crippen molar-refractivity contribution in [1.82, 2.24) is 4.90 Å².